The highest BCUT2D eigenvalue weighted by Gasteiger charge is 2.22. The molecule has 0 saturated heterocycles. The van der Waals surface area contributed by atoms with Gasteiger partial charge >= 0.3 is 0 Å². The maximum Gasteiger partial charge on any atom is -0.00126 e. The van der Waals surface area contributed by atoms with E-state index in [9.17, 15) is 0 Å². The normalized spacial score (nSPS) is 17.7. The molecule has 0 spiro atoms. The molecule has 0 nitrogen and oxygen atoms in total. The van der Waals surface area contributed by atoms with Crippen LogP contribution in [0.5, 0.6) is 0 Å². The van der Waals surface area contributed by atoms with Crippen molar-refractivity contribution in [2.45, 2.75) is 137 Å². The van der Waals surface area contributed by atoms with Crippen LogP contribution in [0.4, 0.5) is 0 Å². The summed E-state index contributed by atoms with van der Waals surface area (Å²) in [6, 6.07) is 0. The average Bonchev–Trinajstić information content (AvgIpc) is 2.82. The van der Waals surface area contributed by atoms with E-state index in [-0.39, 0.29) is 0 Å². The molecule has 0 N–H and O–H groups in total. The third kappa shape index (κ3) is 8.92. The van der Waals surface area contributed by atoms with Crippen molar-refractivity contribution < 1.29 is 0 Å². The summed E-state index contributed by atoms with van der Waals surface area (Å²) in [5, 5.41) is 0. The lowest BCUT2D eigenvalue weighted by molar-refractivity contribution is 0.531. The second kappa shape index (κ2) is 14.5. The van der Waals surface area contributed by atoms with Crippen molar-refractivity contribution in [3.8, 4) is 0 Å². The van der Waals surface area contributed by atoms with Crippen LogP contribution in [-0.2, 0) is 0 Å². The van der Waals surface area contributed by atoms with Crippen molar-refractivity contribution in [2.75, 3.05) is 0 Å². The van der Waals surface area contributed by atoms with E-state index in [0.29, 0.717) is 5.92 Å². The number of rotatable bonds is 16. The fraction of sp³-hybridized carbons (Fsp3) is 0.846. The highest BCUT2D eigenvalue weighted by Crippen LogP contribution is 2.39. The van der Waals surface area contributed by atoms with Crippen LogP contribution >= 0.6 is 0 Å². The van der Waals surface area contributed by atoms with Gasteiger partial charge in [0.05, 0.1) is 0 Å². The monoisotopic (exact) mass is 360 g/mol. The largest absolute Gasteiger partial charge is 0.0654 e. The molecule has 1 aliphatic rings. The quantitative estimate of drug-likeness (QED) is 0.240. The maximum atomic E-state index is 2.40. The van der Waals surface area contributed by atoms with Crippen molar-refractivity contribution in [3.05, 3.63) is 22.3 Å². The molecule has 0 radical (unpaired) electrons. The van der Waals surface area contributed by atoms with E-state index in [1.165, 1.54) is 103 Å². The number of hydrogen-bond acceptors (Lipinski definition) is 0. The molecule has 0 heteroatoms. The Hall–Kier alpha value is -0.520. The standard InChI is InChI=1S/C26H48/c1-6-7-8-9-10-11-12-13-14-15-16-17-18-19-20-21-26-24(4)22(2)23(3)25(26)5/h24H,6-21H2,1-5H3. The Morgan fingerprint density at radius 2 is 0.923 bits per heavy atom. The third-order valence-corrected chi connectivity index (χ3v) is 6.86. The molecule has 0 fully saturated rings. The summed E-state index contributed by atoms with van der Waals surface area (Å²) < 4.78 is 0. The zero-order valence-corrected chi connectivity index (χ0v) is 18.9. The van der Waals surface area contributed by atoms with Gasteiger partial charge in [0.25, 0.3) is 0 Å². The molecule has 1 atom stereocenters. The topological polar surface area (TPSA) is 0 Å². The van der Waals surface area contributed by atoms with E-state index in [0.717, 1.165) is 0 Å². The van der Waals surface area contributed by atoms with E-state index in [2.05, 4.69) is 34.6 Å². The minimum absolute atomic E-state index is 0.710. The van der Waals surface area contributed by atoms with Gasteiger partial charge in [-0.2, -0.15) is 0 Å². The molecule has 152 valence electrons. The minimum atomic E-state index is 0.710. The van der Waals surface area contributed by atoms with Crippen LogP contribution in [0, 0.1) is 5.92 Å². The van der Waals surface area contributed by atoms with Gasteiger partial charge in [-0.3, -0.25) is 0 Å². The molecular weight excluding hydrogens is 312 g/mol. The Morgan fingerprint density at radius 3 is 1.27 bits per heavy atom. The molecule has 1 aliphatic carbocycles. The summed E-state index contributed by atoms with van der Waals surface area (Å²) in [5.41, 5.74) is 6.50. The van der Waals surface area contributed by atoms with Crippen LogP contribution in [0.3, 0.4) is 0 Å². The van der Waals surface area contributed by atoms with E-state index in [4.69, 9.17) is 0 Å². The second-order valence-electron chi connectivity index (χ2n) is 8.88. The predicted molar refractivity (Wildman–Crippen MR) is 120 cm³/mol. The third-order valence-electron chi connectivity index (χ3n) is 6.86. The van der Waals surface area contributed by atoms with Crippen LogP contribution in [0.15, 0.2) is 22.3 Å². The van der Waals surface area contributed by atoms with E-state index in [1.807, 2.05) is 0 Å². The van der Waals surface area contributed by atoms with Gasteiger partial charge in [-0.1, -0.05) is 115 Å². The lowest BCUT2D eigenvalue weighted by atomic mass is 9.93. The second-order valence-corrected chi connectivity index (χ2v) is 8.88. The molecule has 0 amide bonds. The first-order chi connectivity index (χ1) is 12.6. The predicted octanol–water partition coefficient (Wildman–Crippen LogP) is 9.55. The van der Waals surface area contributed by atoms with Crippen LogP contribution in [-0.4, -0.2) is 0 Å². The molecule has 26 heavy (non-hydrogen) atoms. The fourth-order valence-electron chi connectivity index (χ4n) is 4.54. The summed E-state index contributed by atoms with van der Waals surface area (Å²) >= 11 is 0. The molecule has 0 aliphatic heterocycles. The van der Waals surface area contributed by atoms with Crippen molar-refractivity contribution in [3.63, 3.8) is 0 Å². The van der Waals surface area contributed by atoms with E-state index < -0.39 is 0 Å². The number of allylic oxidation sites excluding steroid dienone is 4. The van der Waals surface area contributed by atoms with E-state index >= 15 is 0 Å². The smallest absolute Gasteiger partial charge is 0.00126 e. The first-order valence-electron chi connectivity index (χ1n) is 12.0. The fourth-order valence-corrected chi connectivity index (χ4v) is 4.54. The molecule has 0 aromatic rings. The highest BCUT2D eigenvalue weighted by atomic mass is 14.3. The Bertz CT molecular complexity index is 423. The van der Waals surface area contributed by atoms with Gasteiger partial charge in [0.2, 0.25) is 0 Å². The first kappa shape index (κ1) is 23.5. The molecule has 0 aromatic heterocycles. The maximum absolute atomic E-state index is 2.40. The molecule has 1 unspecified atom stereocenters. The Labute approximate surface area is 165 Å². The summed E-state index contributed by atoms with van der Waals surface area (Å²) in [5.74, 6) is 0.710. The van der Waals surface area contributed by atoms with Gasteiger partial charge in [-0.15, -0.1) is 0 Å². The Morgan fingerprint density at radius 1 is 0.538 bits per heavy atom. The van der Waals surface area contributed by atoms with Crippen molar-refractivity contribution >= 4 is 0 Å². The molecule has 0 bridgehead atoms. The lowest BCUT2D eigenvalue weighted by Gasteiger charge is -2.12. The van der Waals surface area contributed by atoms with Crippen molar-refractivity contribution in [1.82, 2.24) is 0 Å². The molecule has 0 heterocycles. The first-order valence-corrected chi connectivity index (χ1v) is 12.0. The minimum Gasteiger partial charge on any atom is -0.0654 e. The lowest BCUT2D eigenvalue weighted by Crippen LogP contribution is -1.97. The van der Waals surface area contributed by atoms with Crippen LogP contribution in [0.1, 0.15) is 137 Å². The number of unbranched alkanes of at least 4 members (excludes halogenated alkanes) is 14. The Balaban J connectivity index is 1.86. The summed E-state index contributed by atoms with van der Waals surface area (Å²) in [6.45, 7) is 11.7. The molecular formula is C26H48. The van der Waals surface area contributed by atoms with Crippen molar-refractivity contribution in [1.29, 1.82) is 0 Å². The SMILES string of the molecule is CCCCCCCCCCCCCCCCCC1=C(C)C(C)=C(C)C1C. The summed E-state index contributed by atoms with van der Waals surface area (Å²) in [7, 11) is 0. The molecule has 1 rings (SSSR count). The van der Waals surface area contributed by atoms with Gasteiger partial charge in [0.15, 0.2) is 0 Å². The average molecular weight is 361 g/mol. The van der Waals surface area contributed by atoms with Crippen LogP contribution in [0.2, 0.25) is 0 Å². The van der Waals surface area contributed by atoms with Gasteiger partial charge in [-0.25, -0.2) is 0 Å². The van der Waals surface area contributed by atoms with Gasteiger partial charge in [0.1, 0.15) is 0 Å². The molecule has 0 saturated carbocycles. The van der Waals surface area contributed by atoms with Gasteiger partial charge < -0.3 is 0 Å². The zero-order chi connectivity index (χ0) is 19.2. The van der Waals surface area contributed by atoms with Crippen LogP contribution in [0.25, 0.3) is 0 Å². The Kier molecular flexibility index (Phi) is 13.1. The summed E-state index contributed by atoms with van der Waals surface area (Å²) in [6.07, 6.45) is 23.1. The highest BCUT2D eigenvalue weighted by molar-refractivity contribution is 5.46. The van der Waals surface area contributed by atoms with Gasteiger partial charge in [0, 0.05) is 0 Å². The van der Waals surface area contributed by atoms with Crippen molar-refractivity contribution in [2.24, 2.45) is 5.92 Å². The van der Waals surface area contributed by atoms with E-state index in [1.54, 1.807) is 22.3 Å². The van der Waals surface area contributed by atoms with Crippen LogP contribution < -0.4 is 0 Å². The van der Waals surface area contributed by atoms with Gasteiger partial charge in [-0.05, 0) is 50.7 Å². The zero-order valence-electron chi connectivity index (χ0n) is 18.9. The molecule has 0 aromatic carbocycles. The summed E-state index contributed by atoms with van der Waals surface area (Å²) in [4.78, 5) is 0. The number of hydrogen-bond donors (Lipinski definition) is 0.